The maximum atomic E-state index is 17.5. The van der Waals surface area contributed by atoms with Gasteiger partial charge in [-0.15, -0.1) is 0 Å². The molecule has 10 rings (SSSR count). The molecule has 0 fully saturated rings. The van der Waals surface area contributed by atoms with Crippen LogP contribution >= 0.6 is 0 Å². The summed E-state index contributed by atoms with van der Waals surface area (Å²) in [6.07, 6.45) is -2.53. The zero-order valence-corrected chi connectivity index (χ0v) is 41.8. The molecule has 0 aliphatic carbocycles. The summed E-state index contributed by atoms with van der Waals surface area (Å²) in [5.41, 5.74) is -8.73. The number of aromatic nitrogens is 4. The van der Waals surface area contributed by atoms with Crippen molar-refractivity contribution in [3.63, 3.8) is 0 Å². The molecule has 8 aromatic rings. The highest BCUT2D eigenvalue weighted by molar-refractivity contribution is 6.89. The predicted octanol–water partition coefficient (Wildman–Crippen LogP) is 13.6. The first-order valence-corrected chi connectivity index (χ1v) is 27.2. The van der Waals surface area contributed by atoms with Crippen LogP contribution in [0.2, 0.25) is 13.1 Å². The van der Waals surface area contributed by atoms with E-state index in [1.165, 1.54) is 121 Å². The van der Waals surface area contributed by atoms with Crippen LogP contribution in [-0.2, 0) is 10.1 Å². The molecular weight excluding hydrogens is 1090 g/mol. The van der Waals surface area contributed by atoms with Gasteiger partial charge in [0.25, 0.3) is 47.6 Å². The minimum atomic E-state index is -3.86. The van der Waals surface area contributed by atoms with E-state index in [0.29, 0.717) is 0 Å². The van der Waals surface area contributed by atoms with Gasteiger partial charge in [0.1, 0.15) is 0 Å². The minimum Gasteiger partial charge on any atom is -0.201 e. The molecule has 0 spiro atoms. The highest BCUT2D eigenvalue weighted by Crippen LogP contribution is 2.59. The number of hydrogen-bond acceptors (Lipinski definition) is 4. The van der Waals surface area contributed by atoms with Crippen LogP contribution < -0.4 is 0 Å². The van der Waals surface area contributed by atoms with E-state index in [1.54, 1.807) is 0 Å². The molecule has 78 heavy (non-hydrogen) atoms. The Bertz CT molecular complexity index is 3590. The number of rotatable bonds is 11. The van der Waals surface area contributed by atoms with Crippen molar-refractivity contribution in [1.82, 2.24) is 19.9 Å². The second-order valence-corrected chi connectivity index (χ2v) is 23.3. The Morgan fingerprint density at radius 1 is 0.308 bits per heavy atom. The van der Waals surface area contributed by atoms with E-state index < -0.39 is 189 Å². The summed E-state index contributed by atoms with van der Waals surface area (Å²) in [7, 11) is -7.72. The van der Waals surface area contributed by atoms with Crippen LogP contribution in [0.3, 0.4) is 0 Å². The van der Waals surface area contributed by atoms with Gasteiger partial charge in [-0.1, -0.05) is 134 Å². The van der Waals surface area contributed by atoms with E-state index in [1.807, 2.05) is 0 Å². The summed E-state index contributed by atoms with van der Waals surface area (Å²) in [5, 5.41) is -7.45. The lowest BCUT2D eigenvalue weighted by atomic mass is 9.72. The van der Waals surface area contributed by atoms with Crippen molar-refractivity contribution in [2.45, 2.75) is 36.0 Å². The summed E-state index contributed by atoms with van der Waals surface area (Å²) >= 11 is 0. The summed E-state index contributed by atoms with van der Waals surface area (Å²) in [5.74, 6) is -35.8. The van der Waals surface area contributed by atoms with Crippen molar-refractivity contribution in [2.24, 2.45) is 0 Å². The van der Waals surface area contributed by atoms with Crippen molar-refractivity contribution in [3.05, 3.63) is 260 Å². The molecule has 2 atom stereocenters. The van der Waals surface area contributed by atoms with Crippen LogP contribution in [0.4, 0.5) is 70.2 Å². The lowest BCUT2D eigenvalue weighted by Gasteiger charge is -2.42. The third-order valence-electron chi connectivity index (χ3n) is 14.4. The molecule has 2 aliphatic heterocycles. The number of allylic oxidation sites excluding steroid dienone is 4. The fourth-order valence-electron chi connectivity index (χ4n) is 11.3. The second-order valence-electron chi connectivity index (χ2n) is 18.1. The fraction of sp³-hybridized carbons (Fsp3) is 0.107. The van der Waals surface area contributed by atoms with Gasteiger partial charge in [0, 0.05) is 38.0 Å². The molecular formula is C56H30F16N4Si2. The predicted molar refractivity (Wildman–Crippen MR) is 260 cm³/mol. The van der Waals surface area contributed by atoms with Gasteiger partial charge >= 0.3 is 0 Å². The van der Waals surface area contributed by atoms with Crippen LogP contribution in [0.5, 0.6) is 0 Å². The molecule has 4 nitrogen and oxygen atoms in total. The average Bonchev–Trinajstić information content (AvgIpc) is 3.05. The molecule has 6 heterocycles. The lowest BCUT2D eigenvalue weighted by Crippen LogP contribution is -2.45. The molecule has 2 aliphatic rings. The van der Waals surface area contributed by atoms with Crippen molar-refractivity contribution in [1.29, 1.82) is 0 Å². The summed E-state index contributed by atoms with van der Waals surface area (Å²) < 4.78 is 264. The standard InChI is InChI=1S/C56H30F16N4Si2/c1-77-45(31-37(57)47(65)73-48(66)38(31)58)29(25-15-7-3-8-16-25)33(27-19-11-5-12-20-27)55(77,35-41(61)51(69)75-52(70)42(35)62)23-24-56(36-43(63)53(71)76-54(72)44(36)64)34(28-21-13-6-14-22-28)30(26-17-9-4-10-18-26)46(78(56)2)32-39(59)49(67)74-50(68)40(32)60/h3-22H,23-24H2,1-2H3. The molecule has 0 radical (unpaired) electrons. The van der Waals surface area contributed by atoms with E-state index in [2.05, 4.69) is 19.9 Å². The monoisotopic (exact) mass is 1120 g/mol. The van der Waals surface area contributed by atoms with E-state index in [4.69, 9.17) is 0 Å². The van der Waals surface area contributed by atoms with Gasteiger partial charge in [0.2, 0.25) is 0 Å². The summed E-state index contributed by atoms with van der Waals surface area (Å²) in [6, 6.07) is 27.0. The largest absolute Gasteiger partial charge is 0.252 e. The smallest absolute Gasteiger partial charge is 0.201 e. The second kappa shape index (κ2) is 20.1. The fourth-order valence-corrected chi connectivity index (χ4v) is 18.1. The van der Waals surface area contributed by atoms with Crippen molar-refractivity contribution in [2.75, 3.05) is 0 Å². The summed E-state index contributed by atoms with van der Waals surface area (Å²) in [4.78, 5) is 10.8. The van der Waals surface area contributed by atoms with Crippen LogP contribution in [0, 0.1) is 94.1 Å². The minimum absolute atomic E-state index is 0.115. The Labute approximate surface area is 434 Å². The van der Waals surface area contributed by atoms with Crippen LogP contribution in [0.1, 0.15) is 57.3 Å². The third-order valence-corrected chi connectivity index (χ3v) is 20.9. The lowest BCUT2D eigenvalue weighted by molar-refractivity contribution is 0.372. The zero-order chi connectivity index (χ0) is 55.9. The van der Waals surface area contributed by atoms with Gasteiger partial charge in [-0.25, -0.2) is 35.1 Å². The first-order chi connectivity index (χ1) is 37.2. The van der Waals surface area contributed by atoms with Crippen LogP contribution in [0.15, 0.2) is 121 Å². The number of benzene rings is 4. The number of halogens is 16. The first-order valence-electron chi connectivity index (χ1n) is 23.2. The van der Waals surface area contributed by atoms with Crippen LogP contribution in [-0.4, -0.2) is 47.1 Å². The molecule has 394 valence electrons. The Morgan fingerprint density at radius 2 is 0.526 bits per heavy atom. The van der Waals surface area contributed by atoms with Gasteiger partial charge in [0.15, 0.2) is 46.5 Å². The molecule has 4 aromatic carbocycles. The molecule has 0 amide bonds. The highest BCUT2D eigenvalue weighted by Gasteiger charge is 2.58. The molecule has 4 aromatic heterocycles. The van der Waals surface area contributed by atoms with Crippen LogP contribution in [0.25, 0.3) is 22.3 Å². The SMILES string of the molecule is C[Si]1=C(c2c(F)c(F)nc(F)c2F)C(c2ccccc2)=C(c2ccccc2)C1(CCC1(c2c(F)c(F)nc(F)c2F)C(c2ccccc2)=C(c2ccccc2)C(c2c(F)c(F)nc(F)c2F)=[Si]1C)c1c(F)c(F)nc(F)c1F. The maximum Gasteiger partial charge on any atom is 0.252 e. The molecule has 0 bridgehead atoms. The Morgan fingerprint density at radius 3 is 0.769 bits per heavy atom. The van der Waals surface area contributed by atoms with Gasteiger partial charge in [-0.3, -0.25) is 0 Å². The van der Waals surface area contributed by atoms with Crippen molar-refractivity contribution >= 4 is 49.4 Å². The Kier molecular flexibility index (Phi) is 13.8. The number of nitrogens with zero attached hydrogens (tertiary/aromatic N) is 4. The van der Waals surface area contributed by atoms with E-state index in [9.17, 15) is 0 Å². The third kappa shape index (κ3) is 8.03. The van der Waals surface area contributed by atoms with Gasteiger partial charge in [0.05, 0.1) is 11.1 Å². The van der Waals surface area contributed by atoms with Gasteiger partial charge in [-0.05, 0) is 67.7 Å². The highest BCUT2D eigenvalue weighted by atomic mass is 28.2. The first kappa shape index (κ1) is 53.4. The van der Waals surface area contributed by atoms with E-state index in [0.717, 1.165) is 13.1 Å². The topological polar surface area (TPSA) is 51.6 Å². The number of hydrogen-bond donors (Lipinski definition) is 0. The molecule has 2 unspecified atom stereocenters. The zero-order valence-electron chi connectivity index (χ0n) is 39.8. The normalized spacial score (nSPS) is 17.6. The molecule has 22 heteroatoms. The average molecular weight is 1120 g/mol. The quantitative estimate of drug-likeness (QED) is 0.0736. The van der Waals surface area contributed by atoms with Crippen molar-refractivity contribution in [3.8, 4) is 0 Å². The van der Waals surface area contributed by atoms with E-state index >= 15 is 70.2 Å². The van der Waals surface area contributed by atoms with Gasteiger partial charge < -0.3 is 0 Å². The van der Waals surface area contributed by atoms with Crippen molar-refractivity contribution < 1.29 is 70.2 Å². The Hall–Kier alpha value is -7.99. The number of pyridine rings is 4. The molecule has 0 saturated carbocycles. The maximum absolute atomic E-state index is 17.5. The summed E-state index contributed by atoms with van der Waals surface area (Å²) in [6.45, 7) is 2.17. The molecule has 0 saturated heterocycles. The molecule has 0 N–H and O–H groups in total. The van der Waals surface area contributed by atoms with E-state index in [-0.39, 0.29) is 22.3 Å². The Balaban J connectivity index is 1.48. The van der Waals surface area contributed by atoms with Gasteiger partial charge in [-0.2, -0.15) is 55.1 Å².